The van der Waals surface area contributed by atoms with E-state index in [0.717, 1.165) is 11.3 Å². The number of anilines is 1. The van der Waals surface area contributed by atoms with Crippen molar-refractivity contribution in [2.24, 2.45) is 0 Å². The summed E-state index contributed by atoms with van der Waals surface area (Å²) in [7, 11) is 1.58. The second-order valence-electron chi connectivity index (χ2n) is 5.16. The van der Waals surface area contributed by atoms with Crippen LogP contribution in [0.4, 0.5) is 5.69 Å². The number of hydrogen-bond donors (Lipinski definition) is 1. The molecule has 0 spiro atoms. The number of methoxy groups -OCH3 is 1. The summed E-state index contributed by atoms with van der Waals surface area (Å²) in [6, 6.07) is 14.8. The lowest BCUT2D eigenvalue weighted by Gasteiger charge is -2.11. The van der Waals surface area contributed by atoms with Crippen molar-refractivity contribution in [3.63, 3.8) is 0 Å². The van der Waals surface area contributed by atoms with E-state index >= 15 is 0 Å². The number of carbonyl (C=O) groups is 1. The zero-order valence-electron chi connectivity index (χ0n) is 13.0. The van der Waals surface area contributed by atoms with E-state index in [1.54, 1.807) is 30.1 Å². The number of carbonyl (C=O) groups excluding carboxylic acids is 1. The summed E-state index contributed by atoms with van der Waals surface area (Å²) in [5.74, 6) is 0.440. The van der Waals surface area contributed by atoms with Gasteiger partial charge >= 0.3 is 0 Å². The summed E-state index contributed by atoms with van der Waals surface area (Å²) in [6.45, 7) is 1.97. The first-order valence-electron chi connectivity index (χ1n) is 7.23. The topological polar surface area (TPSA) is 56.1 Å². The molecule has 0 saturated heterocycles. The summed E-state index contributed by atoms with van der Waals surface area (Å²) < 4.78 is 7.00. The van der Waals surface area contributed by atoms with Crippen LogP contribution in [0.5, 0.6) is 5.75 Å². The lowest BCUT2D eigenvalue weighted by atomic mass is 10.1. The largest absolute Gasteiger partial charge is 0.495 e. The quantitative estimate of drug-likeness (QED) is 0.803. The van der Waals surface area contributed by atoms with E-state index in [0.29, 0.717) is 17.0 Å². The van der Waals surface area contributed by atoms with Crippen molar-refractivity contribution in [2.75, 3.05) is 12.4 Å². The van der Waals surface area contributed by atoms with Gasteiger partial charge in [-0.25, -0.2) is 4.68 Å². The van der Waals surface area contributed by atoms with Gasteiger partial charge in [0.25, 0.3) is 5.91 Å². The van der Waals surface area contributed by atoms with Crippen molar-refractivity contribution in [2.45, 2.75) is 6.92 Å². The fourth-order valence-corrected chi connectivity index (χ4v) is 2.33. The molecule has 3 aromatic rings. The smallest absolute Gasteiger partial charge is 0.255 e. The number of aryl methyl sites for hydroxylation is 1. The average molecular weight is 307 g/mol. The standard InChI is InChI=1S/C18H17N3O2/c1-13-7-8-17(23-2)16(11-13)20-18(22)14-5-3-6-15(12-14)21-10-4-9-19-21/h3-12H,1-2H3,(H,20,22). The first kappa shape index (κ1) is 14.8. The lowest BCUT2D eigenvalue weighted by Crippen LogP contribution is -2.13. The van der Waals surface area contributed by atoms with Crippen LogP contribution in [0.1, 0.15) is 15.9 Å². The lowest BCUT2D eigenvalue weighted by molar-refractivity contribution is 0.102. The van der Waals surface area contributed by atoms with Gasteiger partial charge in [-0.3, -0.25) is 4.79 Å². The van der Waals surface area contributed by atoms with Crippen LogP contribution in [0.25, 0.3) is 5.69 Å². The van der Waals surface area contributed by atoms with Crippen molar-refractivity contribution in [1.29, 1.82) is 0 Å². The van der Waals surface area contributed by atoms with E-state index < -0.39 is 0 Å². The number of nitrogens with zero attached hydrogens (tertiary/aromatic N) is 2. The first-order valence-corrected chi connectivity index (χ1v) is 7.23. The van der Waals surface area contributed by atoms with E-state index in [1.807, 2.05) is 49.5 Å². The Labute approximate surface area is 134 Å². The van der Waals surface area contributed by atoms with E-state index in [9.17, 15) is 4.79 Å². The molecule has 1 heterocycles. The number of benzene rings is 2. The molecule has 0 saturated carbocycles. The maximum absolute atomic E-state index is 12.5. The van der Waals surface area contributed by atoms with Crippen LogP contribution < -0.4 is 10.1 Å². The third-order valence-electron chi connectivity index (χ3n) is 3.48. The monoisotopic (exact) mass is 307 g/mol. The molecule has 5 heteroatoms. The number of amides is 1. The van der Waals surface area contributed by atoms with Gasteiger partial charge < -0.3 is 10.1 Å². The Kier molecular flexibility index (Phi) is 4.10. The van der Waals surface area contributed by atoms with Crippen molar-refractivity contribution in [1.82, 2.24) is 9.78 Å². The van der Waals surface area contributed by atoms with Gasteiger partial charge in [0.1, 0.15) is 5.75 Å². The van der Waals surface area contributed by atoms with Crippen molar-refractivity contribution in [3.8, 4) is 11.4 Å². The maximum Gasteiger partial charge on any atom is 0.255 e. The van der Waals surface area contributed by atoms with Crippen molar-refractivity contribution >= 4 is 11.6 Å². The third-order valence-corrected chi connectivity index (χ3v) is 3.48. The molecule has 0 fully saturated rings. The summed E-state index contributed by atoms with van der Waals surface area (Å²) in [5.41, 5.74) is 3.09. The molecule has 0 aliphatic carbocycles. The highest BCUT2D eigenvalue weighted by Crippen LogP contribution is 2.25. The molecule has 1 N–H and O–H groups in total. The fraction of sp³-hybridized carbons (Fsp3) is 0.111. The predicted molar refractivity (Wildman–Crippen MR) is 89.2 cm³/mol. The Hall–Kier alpha value is -3.08. The Morgan fingerprint density at radius 3 is 2.78 bits per heavy atom. The third kappa shape index (κ3) is 3.23. The maximum atomic E-state index is 12.5. The van der Waals surface area contributed by atoms with Gasteiger partial charge in [0, 0.05) is 18.0 Å². The molecule has 2 aromatic carbocycles. The van der Waals surface area contributed by atoms with Crippen LogP contribution in [-0.4, -0.2) is 22.8 Å². The summed E-state index contributed by atoms with van der Waals surface area (Å²) >= 11 is 0. The SMILES string of the molecule is COc1ccc(C)cc1NC(=O)c1cccc(-n2cccn2)c1. The molecule has 5 nitrogen and oxygen atoms in total. The first-order chi connectivity index (χ1) is 11.2. The highest BCUT2D eigenvalue weighted by Gasteiger charge is 2.11. The van der Waals surface area contributed by atoms with E-state index in [4.69, 9.17) is 4.74 Å². The van der Waals surface area contributed by atoms with Crippen LogP contribution in [-0.2, 0) is 0 Å². The Balaban J connectivity index is 1.87. The van der Waals surface area contributed by atoms with Gasteiger partial charge in [0.2, 0.25) is 0 Å². The zero-order valence-corrected chi connectivity index (χ0v) is 13.0. The normalized spacial score (nSPS) is 10.3. The molecular weight excluding hydrogens is 290 g/mol. The number of aromatic nitrogens is 2. The molecule has 1 aromatic heterocycles. The highest BCUT2D eigenvalue weighted by molar-refractivity contribution is 6.05. The van der Waals surface area contributed by atoms with Crippen LogP contribution in [0.2, 0.25) is 0 Å². The Morgan fingerprint density at radius 1 is 1.17 bits per heavy atom. The van der Waals surface area contributed by atoms with E-state index in [2.05, 4.69) is 10.4 Å². The number of hydrogen-bond acceptors (Lipinski definition) is 3. The molecule has 23 heavy (non-hydrogen) atoms. The number of ether oxygens (including phenoxy) is 1. The van der Waals surface area contributed by atoms with Gasteiger partial charge in [-0.2, -0.15) is 5.10 Å². The molecule has 1 amide bonds. The summed E-state index contributed by atoms with van der Waals surface area (Å²) in [6.07, 6.45) is 3.53. The van der Waals surface area contributed by atoms with Crippen molar-refractivity contribution < 1.29 is 9.53 Å². The molecule has 0 atom stereocenters. The van der Waals surface area contributed by atoms with Crippen LogP contribution in [0.3, 0.4) is 0 Å². The number of nitrogens with one attached hydrogen (secondary N) is 1. The molecule has 0 aliphatic rings. The molecule has 0 unspecified atom stereocenters. The molecule has 3 rings (SSSR count). The second kappa shape index (κ2) is 6.36. The van der Waals surface area contributed by atoms with Gasteiger partial charge in [0.05, 0.1) is 18.5 Å². The number of rotatable bonds is 4. The molecule has 116 valence electrons. The van der Waals surface area contributed by atoms with Crippen LogP contribution in [0, 0.1) is 6.92 Å². The minimum Gasteiger partial charge on any atom is -0.495 e. The van der Waals surface area contributed by atoms with Crippen molar-refractivity contribution in [3.05, 3.63) is 72.1 Å². The molecular formula is C18H17N3O2. The van der Waals surface area contributed by atoms with Gasteiger partial charge in [-0.1, -0.05) is 12.1 Å². The summed E-state index contributed by atoms with van der Waals surface area (Å²) in [4.78, 5) is 12.5. The Bertz CT molecular complexity index is 826. The molecule has 0 bridgehead atoms. The second-order valence-corrected chi connectivity index (χ2v) is 5.16. The summed E-state index contributed by atoms with van der Waals surface area (Å²) in [5, 5.41) is 7.07. The zero-order chi connectivity index (χ0) is 16.2. The minimum absolute atomic E-state index is 0.192. The van der Waals surface area contributed by atoms with E-state index in [-0.39, 0.29) is 5.91 Å². The average Bonchev–Trinajstić information content (AvgIpc) is 3.10. The minimum atomic E-state index is -0.192. The van der Waals surface area contributed by atoms with Gasteiger partial charge in [-0.15, -0.1) is 0 Å². The predicted octanol–water partition coefficient (Wildman–Crippen LogP) is 3.44. The van der Waals surface area contributed by atoms with Crippen LogP contribution in [0.15, 0.2) is 60.9 Å². The molecule has 0 radical (unpaired) electrons. The van der Waals surface area contributed by atoms with Gasteiger partial charge in [-0.05, 0) is 48.9 Å². The molecule has 0 aliphatic heterocycles. The van der Waals surface area contributed by atoms with E-state index in [1.165, 1.54) is 0 Å². The highest BCUT2D eigenvalue weighted by atomic mass is 16.5. The van der Waals surface area contributed by atoms with Crippen LogP contribution >= 0.6 is 0 Å². The fourth-order valence-electron chi connectivity index (χ4n) is 2.33. The van der Waals surface area contributed by atoms with Gasteiger partial charge in [0.15, 0.2) is 0 Å². The Morgan fingerprint density at radius 2 is 2.04 bits per heavy atom.